The number of aromatic nitrogens is 1. The van der Waals surface area contributed by atoms with Gasteiger partial charge in [-0.25, -0.2) is 13.4 Å². The zero-order chi connectivity index (χ0) is 18.7. The standard InChI is InChI=1S/C18H20ClN3O3S/c1-14(23)15-4-6-17(7-5-15)26(24,25)22-11-9-21(10-12-22)13-16-3-2-8-20-18(16)19/h2-8H,9-13H2,1H3. The van der Waals surface area contributed by atoms with Crippen LogP contribution < -0.4 is 0 Å². The zero-order valence-corrected chi connectivity index (χ0v) is 16.0. The molecule has 2 aromatic rings. The lowest BCUT2D eigenvalue weighted by Gasteiger charge is -2.34. The third-order valence-electron chi connectivity index (χ3n) is 4.46. The smallest absolute Gasteiger partial charge is 0.243 e. The van der Waals surface area contributed by atoms with Crippen molar-refractivity contribution in [3.8, 4) is 0 Å². The quantitative estimate of drug-likeness (QED) is 0.576. The zero-order valence-electron chi connectivity index (χ0n) is 14.4. The minimum atomic E-state index is -3.55. The molecule has 2 heterocycles. The number of piperazine rings is 1. The molecule has 1 saturated heterocycles. The largest absolute Gasteiger partial charge is 0.296 e. The van der Waals surface area contributed by atoms with Gasteiger partial charge in [0.05, 0.1) is 4.90 Å². The van der Waals surface area contributed by atoms with E-state index in [1.165, 1.54) is 23.4 Å². The summed E-state index contributed by atoms with van der Waals surface area (Å²) in [5.41, 5.74) is 1.44. The fourth-order valence-corrected chi connectivity index (χ4v) is 4.52. The van der Waals surface area contributed by atoms with E-state index in [2.05, 4.69) is 9.88 Å². The number of benzene rings is 1. The second kappa shape index (κ2) is 7.84. The molecule has 138 valence electrons. The normalized spacial score (nSPS) is 16.5. The molecule has 0 aliphatic carbocycles. The first-order valence-corrected chi connectivity index (χ1v) is 10.1. The Balaban J connectivity index is 1.65. The highest BCUT2D eigenvalue weighted by Gasteiger charge is 2.28. The summed E-state index contributed by atoms with van der Waals surface area (Å²) in [6, 6.07) is 9.86. The number of halogens is 1. The van der Waals surface area contributed by atoms with Crippen LogP contribution in [0, 0.1) is 0 Å². The highest BCUT2D eigenvalue weighted by atomic mass is 35.5. The number of hydrogen-bond acceptors (Lipinski definition) is 5. The SMILES string of the molecule is CC(=O)c1ccc(S(=O)(=O)N2CCN(Cc3cccnc3Cl)CC2)cc1. The number of ketones is 1. The van der Waals surface area contributed by atoms with E-state index in [9.17, 15) is 13.2 Å². The Morgan fingerprint density at radius 3 is 2.35 bits per heavy atom. The Labute approximate surface area is 158 Å². The maximum Gasteiger partial charge on any atom is 0.243 e. The highest BCUT2D eigenvalue weighted by molar-refractivity contribution is 7.89. The summed E-state index contributed by atoms with van der Waals surface area (Å²) < 4.78 is 27.0. The number of nitrogens with zero attached hydrogens (tertiary/aromatic N) is 3. The van der Waals surface area contributed by atoms with E-state index in [0.29, 0.717) is 43.4 Å². The van der Waals surface area contributed by atoms with Crippen LogP contribution in [-0.4, -0.2) is 54.6 Å². The van der Waals surface area contributed by atoms with Crippen LogP contribution in [0.1, 0.15) is 22.8 Å². The fraction of sp³-hybridized carbons (Fsp3) is 0.333. The van der Waals surface area contributed by atoms with E-state index in [1.54, 1.807) is 18.3 Å². The number of sulfonamides is 1. The van der Waals surface area contributed by atoms with E-state index in [1.807, 2.05) is 12.1 Å². The summed E-state index contributed by atoms with van der Waals surface area (Å²) in [7, 11) is -3.55. The summed E-state index contributed by atoms with van der Waals surface area (Å²) in [4.78, 5) is 17.8. The van der Waals surface area contributed by atoms with Crippen LogP contribution >= 0.6 is 11.6 Å². The number of pyridine rings is 1. The summed E-state index contributed by atoms with van der Waals surface area (Å²) in [6.07, 6.45) is 1.65. The maximum atomic E-state index is 12.8. The second-order valence-corrected chi connectivity index (χ2v) is 8.51. The molecule has 1 aliphatic rings. The third-order valence-corrected chi connectivity index (χ3v) is 6.71. The number of hydrogen-bond donors (Lipinski definition) is 0. The van der Waals surface area contributed by atoms with Crippen LogP contribution in [-0.2, 0) is 16.6 Å². The number of carbonyl (C=O) groups excluding carboxylic acids is 1. The van der Waals surface area contributed by atoms with Gasteiger partial charge in [-0.15, -0.1) is 0 Å². The van der Waals surface area contributed by atoms with Gasteiger partial charge in [0, 0.05) is 50.0 Å². The maximum absolute atomic E-state index is 12.8. The van der Waals surface area contributed by atoms with E-state index < -0.39 is 10.0 Å². The second-order valence-electron chi connectivity index (χ2n) is 6.21. The molecule has 1 aromatic carbocycles. The lowest BCUT2D eigenvalue weighted by molar-refractivity contribution is 0.101. The number of carbonyl (C=O) groups is 1. The van der Waals surface area contributed by atoms with Crippen molar-refractivity contribution in [3.63, 3.8) is 0 Å². The Morgan fingerprint density at radius 2 is 1.77 bits per heavy atom. The molecule has 0 bridgehead atoms. The van der Waals surface area contributed by atoms with Crippen LogP contribution in [0.3, 0.4) is 0 Å². The van der Waals surface area contributed by atoms with Crippen molar-refractivity contribution < 1.29 is 13.2 Å². The van der Waals surface area contributed by atoms with E-state index in [4.69, 9.17) is 11.6 Å². The number of Topliss-reactive ketones (excluding diaryl/α,β-unsaturated/α-hetero) is 1. The first kappa shape index (κ1) is 19.0. The minimum Gasteiger partial charge on any atom is -0.296 e. The molecule has 0 radical (unpaired) electrons. The van der Waals surface area contributed by atoms with Gasteiger partial charge in [-0.3, -0.25) is 9.69 Å². The van der Waals surface area contributed by atoms with Gasteiger partial charge in [-0.2, -0.15) is 4.31 Å². The van der Waals surface area contributed by atoms with Gasteiger partial charge >= 0.3 is 0 Å². The average Bonchev–Trinajstić information content (AvgIpc) is 2.64. The first-order chi connectivity index (χ1) is 12.4. The molecule has 1 aromatic heterocycles. The average molecular weight is 394 g/mol. The van der Waals surface area contributed by atoms with Crippen LogP contribution in [0.4, 0.5) is 0 Å². The van der Waals surface area contributed by atoms with Crippen molar-refractivity contribution in [1.29, 1.82) is 0 Å². The van der Waals surface area contributed by atoms with Gasteiger partial charge in [0.25, 0.3) is 0 Å². The molecule has 0 saturated carbocycles. The molecular formula is C18H20ClN3O3S. The molecule has 1 aliphatic heterocycles. The molecule has 0 unspecified atom stereocenters. The Hall–Kier alpha value is -1.80. The van der Waals surface area contributed by atoms with Crippen molar-refractivity contribution in [1.82, 2.24) is 14.2 Å². The molecule has 8 heteroatoms. The van der Waals surface area contributed by atoms with Gasteiger partial charge in [-0.05, 0) is 25.1 Å². The summed E-state index contributed by atoms with van der Waals surface area (Å²) in [5.74, 6) is -0.0865. The van der Waals surface area contributed by atoms with Gasteiger partial charge in [0.15, 0.2) is 5.78 Å². The van der Waals surface area contributed by atoms with Crippen LogP contribution in [0.2, 0.25) is 5.15 Å². The topological polar surface area (TPSA) is 70.6 Å². The molecule has 6 nitrogen and oxygen atoms in total. The molecule has 26 heavy (non-hydrogen) atoms. The Bertz CT molecular complexity index is 892. The third kappa shape index (κ3) is 4.12. The molecule has 1 fully saturated rings. The first-order valence-electron chi connectivity index (χ1n) is 8.31. The predicted molar refractivity (Wildman–Crippen MR) is 99.7 cm³/mol. The molecule has 0 spiro atoms. The van der Waals surface area contributed by atoms with Gasteiger partial charge < -0.3 is 0 Å². The van der Waals surface area contributed by atoms with Gasteiger partial charge in [0.1, 0.15) is 5.15 Å². The number of rotatable bonds is 5. The van der Waals surface area contributed by atoms with Crippen LogP contribution in [0.15, 0.2) is 47.5 Å². The lowest BCUT2D eigenvalue weighted by Crippen LogP contribution is -2.48. The lowest BCUT2D eigenvalue weighted by atomic mass is 10.2. The van der Waals surface area contributed by atoms with Crippen molar-refractivity contribution in [2.75, 3.05) is 26.2 Å². The molecule has 0 amide bonds. The molecule has 0 N–H and O–H groups in total. The Kier molecular flexibility index (Phi) is 5.72. The molecular weight excluding hydrogens is 374 g/mol. The molecule has 3 rings (SSSR count). The van der Waals surface area contributed by atoms with Crippen molar-refractivity contribution in [2.24, 2.45) is 0 Å². The van der Waals surface area contributed by atoms with E-state index in [0.717, 1.165) is 5.56 Å². The monoisotopic (exact) mass is 393 g/mol. The predicted octanol–water partition coefficient (Wildman–Crippen LogP) is 2.44. The van der Waals surface area contributed by atoms with Crippen molar-refractivity contribution in [2.45, 2.75) is 18.4 Å². The summed E-state index contributed by atoms with van der Waals surface area (Å²) in [6.45, 7) is 4.17. The Morgan fingerprint density at radius 1 is 1.12 bits per heavy atom. The van der Waals surface area contributed by atoms with Crippen LogP contribution in [0.25, 0.3) is 0 Å². The minimum absolute atomic E-state index is 0.0865. The summed E-state index contributed by atoms with van der Waals surface area (Å²) >= 11 is 6.09. The highest BCUT2D eigenvalue weighted by Crippen LogP contribution is 2.20. The fourth-order valence-electron chi connectivity index (χ4n) is 2.92. The van der Waals surface area contributed by atoms with Gasteiger partial charge in [-0.1, -0.05) is 29.8 Å². The molecule has 0 atom stereocenters. The summed E-state index contributed by atoms with van der Waals surface area (Å²) in [5, 5.41) is 0.480. The van der Waals surface area contributed by atoms with Crippen LogP contribution in [0.5, 0.6) is 0 Å². The van der Waals surface area contributed by atoms with Crippen molar-refractivity contribution in [3.05, 3.63) is 58.9 Å². The van der Waals surface area contributed by atoms with Crippen molar-refractivity contribution >= 4 is 27.4 Å². The van der Waals surface area contributed by atoms with Gasteiger partial charge in [0.2, 0.25) is 10.0 Å². The van der Waals surface area contributed by atoms with E-state index >= 15 is 0 Å². The van der Waals surface area contributed by atoms with E-state index in [-0.39, 0.29) is 10.7 Å².